The molecule has 7 nitrogen and oxygen atoms in total. The van der Waals surface area contributed by atoms with Crippen LogP contribution in [0, 0.1) is 5.41 Å². The molecule has 4 N–H and O–H groups in total. The summed E-state index contributed by atoms with van der Waals surface area (Å²) in [4.78, 5) is 30.7. The van der Waals surface area contributed by atoms with Gasteiger partial charge < -0.3 is 11.1 Å². The molecule has 25 heavy (non-hydrogen) atoms. The molecule has 0 spiro atoms. The maximum Gasteiger partial charge on any atom is 0.259 e. The van der Waals surface area contributed by atoms with Crippen LogP contribution in [-0.2, 0) is 0 Å². The third kappa shape index (κ3) is 3.48. The van der Waals surface area contributed by atoms with E-state index in [-0.39, 0.29) is 16.6 Å². The first-order valence-corrected chi connectivity index (χ1v) is 8.16. The van der Waals surface area contributed by atoms with Crippen LogP contribution in [0.1, 0.15) is 10.4 Å². The van der Waals surface area contributed by atoms with E-state index in [4.69, 9.17) is 11.1 Å². The molecule has 8 heteroatoms. The van der Waals surface area contributed by atoms with Gasteiger partial charge in [0.15, 0.2) is 11.1 Å². The number of nitrogens with one attached hydrogen (secondary N) is 2. The van der Waals surface area contributed by atoms with Crippen molar-refractivity contribution in [2.45, 2.75) is 0 Å². The third-order valence-electron chi connectivity index (χ3n) is 3.51. The highest BCUT2D eigenvalue weighted by atomic mass is 32.1. The van der Waals surface area contributed by atoms with E-state index in [9.17, 15) is 9.59 Å². The second-order valence-corrected chi connectivity index (χ2v) is 6.22. The summed E-state index contributed by atoms with van der Waals surface area (Å²) in [5, 5.41) is 10.6. The van der Waals surface area contributed by atoms with Crippen molar-refractivity contribution in [3.8, 4) is 0 Å². The van der Waals surface area contributed by atoms with Gasteiger partial charge in [0, 0.05) is 18.3 Å². The molecule has 0 atom stereocenters. The average Bonchev–Trinajstić information content (AvgIpc) is 2.61. The highest BCUT2D eigenvalue weighted by Crippen LogP contribution is 2.22. The van der Waals surface area contributed by atoms with E-state index < -0.39 is 0 Å². The van der Waals surface area contributed by atoms with Gasteiger partial charge in [-0.05, 0) is 30.3 Å². The van der Waals surface area contributed by atoms with Gasteiger partial charge in [-0.3, -0.25) is 19.9 Å². The van der Waals surface area contributed by atoms with Crippen LogP contribution in [0.25, 0.3) is 10.9 Å². The largest absolute Gasteiger partial charge is 0.370 e. The van der Waals surface area contributed by atoms with Gasteiger partial charge in [0.2, 0.25) is 4.74 Å². The fraction of sp³-hybridized carbons (Fsp3) is 0.0588. The fourth-order valence-corrected chi connectivity index (χ4v) is 3.10. The zero-order valence-corrected chi connectivity index (χ0v) is 14.1. The van der Waals surface area contributed by atoms with Crippen molar-refractivity contribution >= 4 is 44.9 Å². The maximum absolute atomic E-state index is 12.5. The molecule has 0 aliphatic rings. The van der Waals surface area contributed by atoms with E-state index in [0.717, 1.165) is 11.3 Å². The van der Waals surface area contributed by atoms with Crippen LogP contribution in [0.15, 0.2) is 53.3 Å². The smallest absolute Gasteiger partial charge is 0.259 e. The summed E-state index contributed by atoms with van der Waals surface area (Å²) in [6.45, 7) is 0. The number of carbonyl (C=O) groups excluding carboxylic acids is 1. The van der Waals surface area contributed by atoms with Crippen LogP contribution >= 0.6 is 11.3 Å². The molecule has 126 valence electrons. The number of anilines is 2. The van der Waals surface area contributed by atoms with Crippen LogP contribution in [0.5, 0.6) is 0 Å². The van der Waals surface area contributed by atoms with E-state index in [1.807, 2.05) is 6.07 Å². The summed E-state index contributed by atoms with van der Waals surface area (Å²) in [7, 11) is 1.59. The number of rotatable bonds is 3. The van der Waals surface area contributed by atoms with Gasteiger partial charge in [-0.25, -0.2) is 4.98 Å². The van der Waals surface area contributed by atoms with Crippen LogP contribution in [-0.4, -0.2) is 23.9 Å². The van der Waals surface area contributed by atoms with Crippen LogP contribution < -0.4 is 20.7 Å². The van der Waals surface area contributed by atoms with Crippen molar-refractivity contribution in [1.82, 2.24) is 4.98 Å². The summed E-state index contributed by atoms with van der Waals surface area (Å²) in [5.41, 5.74) is 6.82. The molecule has 0 bridgehead atoms. The number of hydrogen-bond donors (Lipinski definition) is 3. The molecule has 0 fully saturated rings. The number of guanidine groups is 1. The molecule has 0 aliphatic heterocycles. The van der Waals surface area contributed by atoms with Crippen molar-refractivity contribution in [2.75, 3.05) is 17.3 Å². The minimum absolute atomic E-state index is 0.215. The van der Waals surface area contributed by atoms with Gasteiger partial charge in [0.25, 0.3) is 5.91 Å². The standard InChI is InChI=1S/C17H15N5O2S/c1-22(14(23)10-5-3-2-4-6-10)17-21-13-8-7-11(20-16(18)19)9-12(13)15(24)25-17/h2-9H,1H3,(H4,18,19,20). The zero-order chi connectivity index (χ0) is 18.0. The molecule has 0 aliphatic carbocycles. The first kappa shape index (κ1) is 16.6. The Morgan fingerprint density at radius 1 is 1.24 bits per heavy atom. The van der Waals surface area contributed by atoms with Crippen molar-refractivity contribution < 1.29 is 4.79 Å². The summed E-state index contributed by atoms with van der Waals surface area (Å²) in [6, 6.07) is 13.7. The molecular formula is C17H15N5O2S. The Labute approximate surface area is 147 Å². The predicted molar refractivity (Wildman–Crippen MR) is 101 cm³/mol. The summed E-state index contributed by atoms with van der Waals surface area (Å²) in [6.07, 6.45) is 0. The molecule has 0 saturated heterocycles. The minimum atomic E-state index is -0.238. The molecule has 1 aromatic heterocycles. The Morgan fingerprint density at radius 2 is 1.96 bits per heavy atom. The van der Waals surface area contributed by atoms with Gasteiger partial charge in [-0.15, -0.1) is 0 Å². The van der Waals surface area contributed by atoms with Crippen molar-refractivity contribution in [2.24, 2.45) is 5.73 Å². The average molecular weight is 353 g/mol. The lowest BCUT2D eigenvalue weighted by Gasteiger charge is -2.15. The third-order valence-corrected chi connectivity index (χ3v) is 4.46. The second-order valence-electron chi connectivity index (χ2n) is 5.28. The Hall–Kier alpha value is -3.26. The lowest BCUT2D eigenvalue weighted by molar-refractivity contribution is 0.0993. The van der Waals surface area contributed by atoms with Crippen LogP contribution in [0.3, 0.4) is 0 Å². The van der Waals surface area contributed by atoms with Gasteiger partial charge in [0.1, 0.15) is 0 Å². The van der Waals surface area contributed by atoms with Crippen LogP contribution in [0.2, 0.25) is 0 Å². The maximum atomic E-state index is 12.5. The van der Waals surface area contributed by atoms with Crippen molar-refractivity contribution in [1.29, 1.82) is 5.41 Å². The molecule has 3 rings (SSSR count). The molecule has 0 unspecified atom stereocenters. The number of aromatic nitrogens is 1. The first-order chi connectivity index (χ1) is 12.0. The SMILES string of the molecule is CN(C(=O)c1ccccc1)c1nc2ccc(NC(=N)N)cc2c(=O)s1. The Bertz CT molecular complexity index is 1020. The minimum Gasteiger partial charge on any atom is -0.370 e. The highest BCUT2D eigenvalue weighted by Gasteiger charge is 2.17. The monoisotopic (exact) mass is 353 g/mol. The van der Waals surface area contributed by atoms with Crippen molar-refractivity contribution in [3.05, 3.63) is 63.6 Å². The van der Waals surface area contributed by atoms with E-state index in [1.54, 1.807) is 49.5 Å². The predicted octanol–water partition coefficient (Wildman–Crippen LogP) is 2.24. The molecular weight excluding hydrogens is 338 g/mol. The van der Waals surface area contributed by atoms with Gasteiger partial charge in [-0.2, -0.15) is 0 Å². The molecule has 1 amide bonds. The lowest BCUT2D eigenvalue weighted by atomic mass is 10.2. The molecule has 3 aromatic rings. The number of hydrogen-bond acceptors (Lipinski definition) is 5. The molecule has 0 saturated carbocycles. The number of amides is 1. The molecule has 0 radical (unpaired) electrons. The quantitative estimate of drug-likeness (QED) is 0.494. The molecule has 1 heterocycles. The van der Waals surface area contributed by atoms with Crippen molar-refractivity contribution in [3.63, 3.8) is 0 Å². The van der Waals surface area contributed by atoms with Crippen LogP contribution in [0.4, 0.5) is 10.8 Å². The Morgan fingerprint density at radius 3 is 2.64 bits per heavy atom. The highest BCUT2D eigenvalue weighted by molar-refractivity contribution is 7.13. The summed E-state index contributed by atoms with van der Waals surface area (Å²) in [5.74, 6) is -0.453. The normalized spacial score (nSPS) is 10.4. The topological polar surface area (TPSA) is 112 Å². The van der Waals surface area contributed by atoms with E-state index in [1.165, 1.54) is 4.90 Å². The first-order valence-electron chi connectivity index (χ1n) is 7.35. The summed E-state index contributed by atoms with van der Waals surface area (Å²) >= 11 is 0.891. The zero-order valence-electron chi connectivity index (χ0n) is 13.3. The van der Waals surface area contributed by atoms with E-state index >= 15 is 0 Å². The Kier molecular flexibility index (Phi) is 4.44. The number of nitrogens with zero attached hydrogens (tertiary/aromatic N) is 2. The number of carbonyl (C=O) groups is 1. The van der Waals surface area contributed by atoms with E-state index in [0.29, 0.717) is 27.3 Å². The van der Waals surface area contributed by atoms with Gasteiger partial charge in [-0.1, -0.05) is 29.5 Å². The Balaban J connectivity index is 1.99. The summed E-state index contributed by atoms with van der Waals surface area (Å²) < 4.78 is -0.222. The van der Waals surface area contributed by atoms with Gasteiger partial charge in [0.05, 0.1) is 10.9 Å². The number of fused-ring (bicyclic) bond motifs is 1. The molecule has 2 aromatic carbocycles. The van der Waals surface area contributed by atoms with E-state index in [2.05, 4.69) is 10.3 Å². The number of benzene rings is 2. The lowest BCUT2D eigenvalue weighted by Crippen LogP contribution is -2.27. The fourth-order valence-electron chi connectivity index (χ4n) is 2.30. The van der Waals surface area contributed by atoms with Gasteiger partial charge >= 0.3 is 0 Å². The number of nitrogens with two attached hydrogens (primary N) is 1. The second kappa shape index (κ2) is 6.70.